The first-order valence-electron chi connectivity index (χ1n) is 6.86. The molecule has 6 nitrogen and oxygen atoms in total. The molecule has 0 saturated carbocycles. The number of carbonyl (C=O) groups is 1. The summed E-state index contributed by atoms with van der Waals surface area (Å²) < 4.78 is 32.7. The molecule has 0 fully saturated rings. The number of sulfonamides is 1. The Morgan fingerprint density at radius 3 is 2.39 bits per heavy atom. The van der Waals surface area contributed by atoms with E-state index in [4.69, 9.17) is 14.6 Å². The van der Waals surface area contributed by atoms with Gasteiger partial charge in [0.05, 0.1) is 10.5 Å². The van der Waals surface area contributed by atoms with Crippen molar-refractivity contribution < 1.29 is 22.7 Å². The van der Waals surface area contributed by atoms with Crippen molar-refractivity contribution in [2.45, 2.75) is 11.8 Å². The highest BCUT2D eigenvalue weighted by atomic mass is 32.2. The number of ether oxygens (including phenoxy) is 2. The fraction of sp³-hybridized carbons (Fsp3) is 0.188. The zero-order valence-corrected chi connectivity index (χ0v) is 13.4. The van der Waals surface area contributed by atoms with Gasteiger partial charge in [0.25, 0.3) is 0 Å². The molecule has 0 aliphatic carbocycles. The van der Waals surface area contributed by atoms with E-state index in [2.05, 4.69) is 0 Å². The average Bonchev–Trinajstić information content (AvgIpc) is 2.51. The maximum Gasteiger partial charge on any atom is 0.338 e. The lowest BCUT2D eigenvalue weighted by Crippen LogP contribution is -2.13. The van der Waals surface area contributed by atoms with Crippen molar-refractivity contribution in [3.63, 3.8) is 0 Å². The van der Waals surface area contributed by atoms with Gasteiger partial charge < -0.3 is 9.47 Å². The number of nitrogens with two attached hydrogens (primary N) is 1. The molecule has 7 heteroatoms. The minimum atomic E-state index is -3.72. The maximum absolute atomic E-state index is 11.8. The predicted molar refractivity (Wildman–Crippen MR) is 84.8 cm³/mol. The van der Waals surface area contributed by atoms with Gasteiger partial charge in [-0.05, 0) is 43.3 Å². The van der Waals surface area contributed by atoms with Gasteiger partial charge in [-0.2, -0.15) is 0 Å². The Kier molecular flexibility index (Phi) is 5.36. The normalized spacial score (nSPS) is 11.0. The minimum Gasteiger partial charge on any atom is -0.490 e. The number of hydrogen-bond acceptors (Lipinski definition) is 5. The molecular weight excluding hydrogens is 318 g/mol. The summed E-state index contributed by atoms with van der Waals surface area (Å²) in [5, 5.41) is 5.00. The highest BCUT2D eigenvalue weighted by Crippen LogP contribution is 2.14. The first kappa shape index (κ1) is 17.0. The van der Waals surface area contributed by atoms with Crippen LogP contribution in [0.1, 0.15) is 15.9 Å². The number of esters is 1. The van der Waals surface area contributed by atoms with Crippen molar-refractivity contribution in [1.29, 1.82) is 0 Å². The number of rotatable bonds is 6. The monoisotopic (exact) mass is 335 g/mol. The van der Waals surface area contributed by atoms with Crippen molar-refractivity contribution in [2.75, 3.05) is 13.2 Å². The summed E-state index contributed by atoms with van der Waals surface area (Å²) in [6, 6.07) is 12.8. The van der Waals surface area contributed by atoms with Crippen molar-refractivity contribution in [1.82, 2.24) is 0 Å². The van der Waals surface area contributed by atoms with Crippen molar-refractivity contribution in [2.24, 2.45) is 5.14 Å². The fourth-order valence-electron chi connectivity index (χ4n) is 1.87. The molecule has 23 heavy (non-hydrogen) atoms. The third kappa shape index (κ3) is 5.08. The number of aryl methyl sites for hydroxylation is 1. The summed E-state index contributed by atoms with van der Waals surface area (Å²) in [6.45, 7) is 2.14. The Morgan fingerprint density at radius 2 is 1.78 bits per heavy atom. The first-order valence-corrected chi connectivity index (χ1v) is 8.40. The summed E-state index contributed by atoms with van der Waals surface area (Å²) in [5.41, 5.74) is 1.47. The zero-order chi connectivity index (χ0) is 16.9. The molecular formula is C16H17NO5S. The Balaban J connectivity index is 1.80. The standard InChI is InChI=1S/C16H17NO5S/c1-12-3-2-4-13(11-12)16(18)22-10-9-21-14-5-7-15(8-6-14)23(17,19)20/h2-8,11H,9-10H2,1H3,(H2,17,19,20). The average molecular weight is 335 g/mol. The van der Waals surface area contributed by atoms with Gasteiger partial charge in [0.15, 0.2) is 0 Å². The third-order valence-electron chi connectivity index (χ3n) is 2.99. The second-order valence-corrected chi connectivity index (χ2v) is 6.43. The summed E-state index contributed by atoms with van der Waals surface area (Å²) in [6.07, 6.45) is 0. The summed E-state index contributed by atoms with van der Waals surface area (Å²) in [5.74, 6) is 0.0471. The molecule has 2 aromatic rings. The molecule has 0 radical (unpaired) electrons. The van der Waals surface area contributed by atoms with E-state index in [0.717, 1.165) is 5.56 Å². The van der Waals surface area contributed by atoms with Crippen LogP contribution >= 0.6 is 0 Å². The maximum atomic E-state index is 11.8. The van der Waals surface area contributed by atoms with E-state index in [9.17, 15) is 13.2 Å². The van der Waals surface area contributed by atoms with Gasteiger partial charge in [0, 0.05) is 0 Å². The molecule has 0 aromatic heterocycles. The lowest BCUT2D eigenvalue weighted by Gasteiger charge is -2.08. The Bertz CT molecular complexity index is 784. The molecule has 2 aromatic carbocycles. The molecule has 0 saturated heterocycles. The molecule has 0 spiro atoms. The molecule has 2 N–H and O–H groups in total. The molecule has 0 atom stereocenters. The second kappa shape index (κ2) is 7.26. The van der Waals surface area contributed by atoms with E-state index in [1.54, 1.807) is 18.2 Å². The minimum absolute atomic E-state index is 0.00993. The Labute approximate surface area is 134 Å². The topological polar surface area (TPSA) is 95.7 Å². The number of carbonyl (C=O) groups excluding carboxylic acids is 1. The van der Waals surface area contributed by atoms with Crippen LogP contribution in [-0.2, 0) is 14.8 Å². The predicted octanol–water partition coefficient (Wildman–Crippen LogP) is 1.88. The van der Waals surface area contributed by atoms with Crippen LogP contribution < -0.4 is 9.88 Å². The van der Waals surface area contributed by atoms with Crippen LogP contribution in [0.4, 0.5) is 0 Å². The highest BCUT2D eigenvalue weighted by molar-refractivity contribution is 7.89. The van der Waals surface area contributed by atoms with Gasteiger partial charge in [-0.15, -0.1) is 0 Å². The van der Waals surface area contributed by atoms with Crippen LogP contribution in [0.25, 0.3) is 0 Å². The lowest BCUT2D eigenvalue weighted by molar-refractivity contribution is 0.0450. The van der Waals surface area contributed by atoms with Crippen molar-refractivity contribution in [3.8, 4) is 5.75 Å². The second-order valence-electron chi connectivity index (χ2n) is 4.87. The molecule has 122 valence electrons. The van der Waals surface area contributed by atoms with Crippen molar-refractivity contribution >= 4 is 16.0 Å². The van der Waals surface area contributed by atoms with Crippen LogP contribution in [0.15, 0.2) is 53.4 Å². The summed E-state index contributed by atoms with van der Waals surface area (Å²) >= 11 is 0. The van der Waals surface area contributed by atoms with E-state index in [-0.39, 0.29) is 18.1 Å². The molecule has 2 rings (SSSR count). The first-order chi connectivity index (χ1) is 10.9. The van der Waals surface area contributed by atoms with Gasteiger partial charge >= 0.3 is 5.97 Å². The summed E-state index contributed by atoms with van der Waals surface area (Å²) in [7, 11) is -3.72. The fourth-order valence-corrected chi connectivity index (χ4v) is 2.39. The Morgan fingerprint density at radius 1 is 1.09 bits per heavy atom. The van der Waals surface area contributed by atoms with Gasteiger partial charge in [-0.1, -0.05) is 17.7 Å². The van der Waals surface area contributed by atoms with E-state index >= 15 is 0 Å². The van der Waals surface area contributed by atoms with Gasteiger partial charge in [-0.3, -0.25) is 0 Å². The van der Waals surface area contributed by atoms with E-state index in [1.165, 1.54) is 24.3 Å². The lowest BCUT2D eigenvalue weighted by atomic mass is 10.1. The molecule has 0 aliphatic rings. The van der Waals surface area contributed by atoms with E-state index in [1.807, 2.05) is 13.0 Å². The molecule has 0 unspecified atom stereocenters. The van der Waals surface area contributed by atoms with Crippen LogP contribution in [0, 0.1) is 6.92 Å². The molecule has 0 amide bonds. The molecule has 0 bridgehead atoms. The Hall–Kier alpha value is -2.38. The van der Waals surface area contributed by atoms with Gasteiger partial charge in [0.1, 0.15) is 19.0 Å². The quantitative estimate of drug-likeness (QED) is 0.642. The van der Waals surface area contributed by atoms with Gasteiger partial charge in [0.2, 0.25) is 10.0 Å². The smallest absolute Gasteiger partial charge is 0.338 e. The zero-order valence-electron chi connectivity index (χ0n) is 12.6. The largest absolute Gasteiger partial charge is 0.490 e. The molecule has 0 aliphatic heterocycles. The number of hydrogen-bond donors (Lipinski definition) is 1. The van der Waals surface area contributed by atoms with Gasteiger partial charge in [-0.25, -0.2) is 18.4 Å². The van der Waals surface area contributed by atoms with Crippen LogP contribution in [-0.4, -0.2) is 27.6 Å². The highest BCUT2D eigenvalue weighted by Gasteiger charge is 2.08. The van der Waals surface area contributed by atoms with E-state index in [0.29, 0.717) is 11.3 Å². The third-order valence-corrected chi connectivity index (χ3v) is 3.92. The number of benzene rings is 2. The molecule has 0 heterocycles. The van der Waals surface area contributed by atoms with Crippen molar-refractivity contribution in [3.05, 3.63) is 59.7 Å². The number of primary sulfonamides is 1. The summed E-state index contributed by atoms with van der Waals surface area (Å²) in [4.78, 5) is 11.8. The van der Waals surface area contributed by atoms with Crippen LogP contribution in [0.5, 0.6) is 5.75 Å². The van der Waals surface area contributed by atoms with Crippen LogP contribution in [0.3, 0.4) is 0 Å². The van der Waals surface area contributed by atoms with Crippen LogP contribution in [0.2, 0.25) is 0 Å². The van der Waals surface area contributed by atoms with E-state index < -0.39 is 16.0 Å². The SMILES string of the molecule is Cc1cccc(C(=O)OCCOc2ccc(S(N)(=O)=O)cc2)c1.